The van der Waals surface area contributed by atoms with Crippen molar-refractivity contribution in [2.24, 2.45) is 5.84 Å². The molecule has 1 heterocycles. The summed E-state index contributed by atoms with van der Waals surface area (Å²) >= 11 is 6.70. The van der Waals surface area contributed by atoms with Crippen LogP contribution in [0.5, 0.6) is 0 Å². The Morgan fingerprint density at radius 3 is 2.53 bits per heavy atom. The van der Waals surface area contributed by atoms with Gasteiger partial charge >= 0.3 is 0 Å². The van der Waals surface area contributed by atoms with Gasteiger partial charge in [-0.2, -0.15) is 0 Å². The van der Waals surface area contributed by atoms with Crippen molar-refractivity contribution in [3.8, 4) is 0 Å². The topological polar surface area (TPSA) is 92.9 Å². The highest BCUT2D eigenvalue weighted by Crippen LogP contribution is 2.26. The molecule has 1 aromatic heterocycles. The smallest absolute Gasteiger partial charge is 0.276 e. The van der Waals surface area contributed by atoms with E-state index in [2.05, 4.69) is 52.8 Å². The summed E-state index contributed by atoms with van der Waals surface area (Å²) in [7, 11) is 0. The van der Waals surface area contributed by atoms with Crippen LogP contribution in [0.25, 0.3) is 0 Å². The Morgan fingerprint density at radius 1 is 1.16 bits per heavy atom. The van der Waals surface area contributed by atoms with Gasteiger partial charge in [0.15, 0.2) is 11.5 Å². The summed E-state index contributed by atoms with van der Waals surface area (Å²) in [6.45, 7) is 0. The third-order valence-electron chi connectivity index (χ3n) is 2.22. The molecule has 0 aliphatic carbocycles. The van der Waals surface area contributed by atoms with Gasteiger partial charge in [0, 0.05) is 8.95 Å². The van der Waals surface area contributed by atoms with E-state index in [4.69, 9.17) is 5.84 Å². The number of nitrogens with zero attached hydrogens (tertiary/aromatic N) is 2. The molecule has 0 bridgehead atoms. The number of nitrogen functional groups attached to an aromatic ring is 1. The molecule has 0 unspecified atom stereocenters. The minimum atomic E-state index is -0.348. The van der Waals surface area contributed by atoms with Crippen LogP contribution >= 0.6 is 31.9 Å². The maximum Gasteiger partial charge on any atom is 0.276 e. The van der Waals surface area contributed by atoms with Gasteiger partial charge in [-0.15, -0.1) is 10.2 Å². The van der Waals surface area contributed by atoms with Gasteiger partial charge in [-0.1, -0.05) is 15.9 Å². The lowest BCUT2D eigenvalue weighted by Gasteiger charge is -2.07. The lowest BCUT2D eigenvalue weighted by molar-refractivity contribution is 0.102. The normalized spacial score (nSPS) is 10.1. The lowest BCUT2D eigenvalue weighted by atomic mass is 10.3. The van der Waals surface area contributed by atoms with E-state index >= 15 is 0 Å². The second-order valence-corrected chi connectivity index (χ2v) is 5.30. The van der Waals surface area contributed by atoms with Crippen LogP contribution in [0.2, 0.25) is 0 Å². The standard InChI is InChI=1S/C11H9Br2N5O/c12-6-1-2-8(7(13)5-6)15-11(19)9-3-4-10(16-14)18-17-9/h1-5H,14H2,(H,15,19)(H,16,18). The van der Waals surface area contributed by atoms with Crippen molar-refractivity contribution in [2.75, 3.05) is 10.7 Å². The summed E-state index contributed by atoms with van der Waals surface area (Å²) in [6.07, 6.45) is 0. The molecule has 6 nitrogen and oxygen atoms in total. The first-order chi connectivity index (χ1) is 9.10. The van der Waals surface area contributed by atoms with Gasteiger partial charge in [-0.3, -0.25) is 4.79 Å². The van der Waals surface area contributed by atoms with Gasteiger partial charge in [-0.25, -0.2) is 5.84 Å². The average molecular weight is 387 g/mol. The van der Waals surface area contributed by atoms with Gasteiger partial charge in [0.25, 0.3) is 5.91 Å². The van der Waals surface area contributed by atoms with Crippen LogP contribution in [0.1, 0.15) is 10.5 Å². The molecule has 4 N–H and O–H groups in total. The Kier molecular flexibility index (Phi) is 4.46. The molecule has 0 fully saturated rings. The molecule has 2 aromatic rings. The highest BCUT2D eigenvalue weighted by Gasteiger charge is 2.10. The summed E-state index contributed by atoms with van der Waals surface area (Å²) in [6, 6.07) is 8.54. The number of nitrogens with two attached hydrogens (primary N) is 1. The van der Waals surface area contributed by atoms with Crippen LogP contribution in [-0.2, 0) is 0 Å². The summed E-state index contributed by atoms with van der Waals surface area (Å²) in [5.41, 5.74) is 3.19. The fraction of sp³-hybridized carbons (Fsp3) is 0. The van der Waals surface area contributed by atoms with E-state index in [9.17, 15) is 4.79 Å². The molecule has 98 valence electrons. The SMILES string of the molecule is NNc1ccc(C(=O)Nc2ccc(Br)cc2Br)nn1. The second-order valence-electron chi connectivity index (χ2n) is 3.53. The maximum atomic E-state index is 12.0. The number of benzene rings is 1. The van der Waals surface area contributed by atoms with Crippen LogP contribution in [0.3, 0.4) is 0 Å². The number of hydrazine groups is 1. The van der Waals surface area contributed by atoms with Crippen molar-refractivity contribution in [1.29, 1.82) is 0 Å². The molecule has 2 rings (SSSR count). The number of amides is 1. The zero-order valence-electron chi connectivity index (χ0n) is 9.52. The van der Waals surface area contributed by atoms with Crippen molar-refractivity contribution >= 4 is 49.3 Å². The van der Waals surface area contributed by atoms with Gasteiger partial charge in [0.05, 0.1) is 5.69 Å². The number of anilines is 2. The zero-order chi connectivity index (χ0) is 13.8. The Hall–Kier alpha value is -1.51. The van der Waals surface area contributed by atoms with E-state index in [0.29, 0.717) is 11.5 Å². The van der Waals surface area contributed by atoms with Crippen LogP contribution in [0, 0.1) is 0 Å². The minimum absolute atomic E-state index is 0.203. The number of rotatable bonds is 3. The van der Waals surface area contributed by atoms with Crippen LogP contribution in [-0.4, -0.2) is 16.1 Å². The van der Waals surface area contributed by atoms with E-state index in [0.717, 1.165) is 8.95 Å². The van der Waals surface area contributed by atoms with Crippen LogP contribution in [0.15, 0.2) is 39.3 Å². The highest BCUT2D eigenvalue weighted by molar-refractivity contribution is 9.11. The first-order valence-electron chi connectivity index (χ1n) is 5.17. The summed E-state index contributed by atoms with van der Waals surface area (Å²) in [4.78, 5) is 12.0. The first-order valence-corrected chi connectivity index (χ1v) is 6.75. The molecule has 0 saturated carbocycles. The van der Waals surface area contributed by atoms with Crippen molar-refractivity contribution < 1.29 is 4.79 Å². The number of hydrogen-bond acceptors (Lipinski definition) is 5. The second kappa shape index (κ2) is 6.09. The Bertz CT molecular complexity index is 603. The Balaban J connectivity index is 2.15. The van der Waals surface area contributed by atoms with Gasteiger partial charge in [0.2, 0.25) is 0 Å². The van der Waals surface area contributed by atoms with E-state index in [1.165, 1.54) is 6.07 Å². The molecule has 8 heteroatoms. The molecule has 19 heavy (non-hydrogen) atoms. The lowest BCUT2D eigenvalue weighted by Crippen LogP contribution is -2.16. The first kappa shape index (κ1) is 13.9. The molecule has 0 spiro atoms. The third kappa shape index (κ3) is 3.49. The molecule has 0 radical (unpaired) electrons. The Morgan fingerprint density at radius 2 is 1.95 bits per heavy atom. The maximum absolute atomic E-state index is 12.0. The van der Waals surface area contributed by atoms with Crippen LogP contribution in [0.4, 0.5) is 11.5 Å². The molecule has 1 amide bonds. The molecule has 1 aromatic carbocycles. The van der Waals surface area contributed by atoms with Crippen LogP contribution < -0.4 is 16.6 Å². The number of carbonyl (C=O) groups is 1. The highest BCUT2D eigenvalue weighted by atomic mass is 79.9. The Labute approximate surface area is 126 Å². The average Bonchev–Trinajstić information content (AvgIpc) is 2.42. The van der Waals surface area contributed by atoms with Gasteiger partial charge in [0.1, 0.15) is 0 Å². The minimum Gasteiger partial charge on any atom is -0.320 e. The fourth-order valence-corrected chi connectivity index (χ4v) is 2.45. The summed E-state index contributed by atoms with van der Waals surface area (Å²) in [5.74, 6) is 5.21. The van der Waals surface area contributed by atoms with Crippen molar-refractivity contribution in [1.82, 2.24) is 10.2 Å². The van der Waals surface area contributed by atoms with E-state index in [1.54, 1.807) is 12.1 Å². The van der Waals surface area contributed by atoms with Gasteiger partial charge in [-0.05, 0) is 46.3 Å². The summed E-state index contributed by atoms with van der Waals surface area (Å²) in [5, 5.41) is 10.2. The number of halogens is 2. The summed E-state index contributed by atoms with van der Waals surface area (Å²) < 4.78 is 1.68. The van der Waals surface area contributed by atoms with E-state index < -0.39 is 0 Å². The van der Waals surface area contributed by atoms with Crippen molar-refractivity contribution in [2.45, 2.75) is 0 Å². The molecular formula is C11H9Br2N5O. The molecular weight excluding hydrogens is 378 g/mol. The predicted molar refractivity (Wildman–Crippen MR) is 79.6 cm³/mol. The third-order valence-corrected chi connectivity index (χ3v) is 3.37. The van der Waals surface area contributed by atoms with E-state index in [-0.39, 0.29) is 11.6 Å². The number of hydrogen-bond donors (Lipinski definition) is 3. The number of aromatic nitrogens is 2. The zero-order valence-corrected chi connectivity index (χ0v) is 12.7. The molecule has 0 saturated heterocycles. The quantitative estimate of drug-likeness (QED) is 0.556. The van der Waals surface area contributed by atoms with Gasteiger partial charge < -0.3 is 10.7 Å². The fourth-order valence-electron chi connectivity index (χ4n) is 1.31. The monoisotopic (exact) mass is 385 g/mol. The van der Waals surface area contributed by atoms with E-state index in [1.807, 2.05) is 12.1 Å². The van der Waals surface area contributed by atoms with Crippen molar-refractivity contribution in [3.05, 3.63) is 45.0 Å². The predicted octanol–water partition coefficient (Wildman–Crippen LogP) is 2.54. The molecule has 0 aliphatic heterocycles. The molecule has 0 atom stereocenters. The number of nitrogens with one attached hydrogen (secondary N) is 2. The number of carbonyl (C=O) groups excluding carboxylic acids is 1. The largest absolute Gasteiger partial charge is 0.320 e. The van der Waals surface area contributed by atoms with Crippen molar-refractivity contribution in [3.63, 3.8) is 0 Å². The molecule has 0 aliphatic rings.